The van der Waals surface area contributed by atoms with E-state index in [-0.39, 0.29) is 41.9 Å². The van der Waals surface area contributed by atoms with Crippen LogP contribution in [0.25, 0.3) is 11.0 Å². The minimum absolute atomic E-state index is 0.00181. The van der Waals surface area contributed by atoms with Gasteiger partial charge >= 0.3 is 6.09 Å². The highest BCUT2D eigenvalue weighted by molar-refractivity contribution is 5.96. The molecule has 0 aromatic carbocycles. The van der Waals surface area contributed by atoms with Crippen LogP contribution in [-0.4, -0.2) is 69.6 Å². The Labute approximate surface area is 256 Å². The second-order valence-electron chi connectivity index (χ2n) is 11.7. The molecule has 238 valence electrons. The molecule has 3 N–H and O–H groups in total. The van der Waals surface area contributed by atoms with Crippen LogP contribution >= 0.6 is 0 Å². The first-order chi connectivity index (χ1) is 20.8. The van der Waals surface area contributed by atoms with Crippen molar-refractivity contribution in [3.63, 3.8) is 0 Å². The van der Waals surface area contributed by atoms with Gasteiger partial charge in [-0.25, -0.2) is 14.2 Å². The van der Waals surface area contributed by atoms with Gasteiger partial charge in [0, 0.05) is 19.8 Å². The first-order valence-electron chi connectivity index (χ1n) is 14.6. The van der Waals surface area contributed by atoms with Crippen molar-refractivity contribution >= 4 is 34.6 Å². The molecule has 1 unspecified atom stereocenters. The Hall–Kier alpha value is -4.55. The van der Waals surface area contributed by atoms with Gasteiger partial charge in [0.2, 0.25) is 11.8 Å². The molecule has 0 aliphatic rings. The van der Waals surface area contributed by atoms with Crippen LogP contribution in [0.15, 0.2) is 35.3 Å². The Balaban J connectivity index is 1.93. The van der Waals surface area contributed by atoms with Crippen LogP contribution in [0.4, 0.5) is 14.9 Å². The van der Waals surface area contributed by atoms with Crippen molar-refractivity contribution < 1.29 is 23.5 Å². The van der Waals surface area contributed by atoms with E-state index in [2.05, 4.69) is 30.3 Å². The average molecular weight is 612 g/mol. The van der Waals surface area contributed by atoms with Crippen LogP contribution in [0.1, 0.15) is 57.7 Å². The lowest BCUT2D eigenvalue weighted by Gasteiger charge is -2.19. The molecule has 13 heteroatoms. The lowest BCUT2D eigenvalue weighted by molar-refractivity contribution is -0.123. The van der Waals surface area contributed by atoms with Gasteiger partial charge in [-0.1, -0.05) is 33.8 Å². The largest absolute Gasteiger partial charge is 0.453 e. The molecule has 0 bridgehead atoms. The first kappa shape index (κ1) is 33.9. The summed E-state index contributed by atoms with van der Waals surface area (Å²) in [5.74, 6) is -0.519. The van der Waals surface area contributed by atoms with E-state index in [4.69, 9.17) is 0 Å². The predicted molar refractivity (Wildman–Crippen MR) is 166 cm³/mol. The van der Waals surface area contributed by atoms with Crippen molar-refractivity contribution in [1.29, 1.82) is 0 Å². The van der Waals surface area contributed by atoms with E-state index < -0.39 is 29.4 Å². The molecule has 3 aromatic heterocycles. The van der Waals surface area contributed by atoms with Gasteiger partial charge < -0.3 is 29.8 Å². The molecule has 3 rings (SSSR count). The van der Waals surface area contributed by atoms with E-state index in [0.717, 1.165) is 6.20 Å². The highest BCUT2D eigenvalue weighted by atomic mass is 19.1. The van der Waals surface area contributed by atoms with Crippen molar-refractivity contribution in [2.75, 3.05) is 26.5 Å². The number of likely N-dealkylation sites (N-methyl/N-ethyl adjacent to an activating group) is 1. The van der Waals surface area contributed by atoms with Crippen LogP contribution in [0.3, 0.4) is 0 Å². The number of ether oxygens (including phenoxy) is 1. The van der Waals surface area contributed by atoms with E-state index in [1.165, 1.54) is 28.7 Å². The number of hydrogen-bond donors (Lipinski definition) is 3. The maximum atomic E-state index is 14.6. The monoisotopic (exact) mass is 611 g/mol. The second kappa shape index (κ2) is 15.3. The number of halogens is 1. The predicted octanol–water partition coefficient (Wildman–Crippen LogP) is 3.79. The summed E-state index contributed by atoms with van der Waals surface area (Å²) in [4.78, 5) is 64.1. The number of methoxy groups -OCH3 is 1. The zero-order valence-corrected chi connectivity index (χ0v) is 26.4. The van der Waals surface area contributed by atoms with Crippen LogP contribution in [0.2, 0.25) is 0 Å². The summed E-state index contributed by atoms with van der Waals surface area (Å²) in [6.45, 7) is 8.14. The molecule has 44 heavy (non-hydrogen) atoms. The molecule has 0 aliphatic heterocycles. The van der Waals surface area contributed by atoms with Crippen molar-refractivity contribution in [3.8, 4) is 0 Å². The molecule has 0 fully saturated rings. The highest BCUT2D eigenvalue weighted by Crippen LogP contribution is 2.21. The molecule has 3 amide bonds. The Morgan fingerprint density at radius 2 is 1.84 bits per heavy atom. The normalized spacial score (nSPS) is 12.2. The zero-order chi connectivity index (χ0) is 32.6. The molecule has 3 heterocycles. The number of alkyl carbamates (subject to hydrolysis) is 1. The smallest absolute Gasteiger partial charge is 0.407 e. The number of anilines is 1. The van der Waals surface area contributed by atoms with Crippen LogP contribution in [-0.2, 0) is 33.7 Å². The number of nitrogens with zero attached hydrogens (tertiary/aromatic N) is 4. The number of carbonyl (C=O) groups is 3. The lowest BCUT2D eigenvalue weighted by Crippen LogP contribution is -2.44. The second-order valence-corrected chi connectivity index (χ2v) is 11.7. The average Bonchev–Trinajstić information content (AvgIpc) is 3.39. The lowest BCUT2D eigenvalue weighted by atomic mass is 10.1. The fourth-order valence-electron chi connectivity index (χ4n) is 4.60. The molecule has 0 aliphatic carbocycles. The minimum atomic E-state index is -1.05. The topological polar surface area (TPSA) is 151 Å². The van der Waals surface area contributed by atoms with Crippen LogP contribution in [0.5, 0.6) is 0 Å². The molecule has 0 saturated heterocycles. The van der Waals surface area contributed by atoms with Gasteiger partial charge in [0.25, 0.3) is 5.56 Å². The van der Waals surface area contributed by atoms with Gasteiger partial charge in [-0.15, -0.1) is 0 Å². The summed E-state index contributed by atoms with van der Waals surface area (Å²) >= 11 is 0. The third-order valence-corrected chi connectivity index (χ3v) is 6.77. The fraction of sp³-hybridized carbons (Fsp3) is 0.484. The van der Waals surface area contributed by atoms with Crippen molar-refractivity contribution in [3.05, 3.63) is 63.9 Å². The molecular formula is C31H42FN7O5. The van der Waals surface area contributed by atoms with Gasteiger partial charge in [0.15, 0.2) is 5.82 Å². The molecule has 0 radical (unpaired) electrons. The molecule has 12 nitrogen and oxygen atoms in total. The van der Waals surface area contributed by atoms with Gasteiger partial charge in [-0.05, 0) is 55.7 Å². The van der Waals surface area contributed by atoms with Gasteiger partial charge in [0.05, 0.1) is 31.1 Å². The Kier molecular flexibility index (Phi) is 11.8. The van der Waals surface area contributed by atoms with Gasteiger partial charge in [0.1, 0.15) is 23.1 Å². The molecule has 0 spiro atoms. The van der Waals surface area contributed by atoms with Crippen molar-refractivity contribution in [2.24, 2.45) is 11.8 Å². The van der Waals surface area contributed by atoms with E-state index >= 15 is 0 Å². The number of nitrogens with one attached hydrogen (secondary N) is 3. The van der Waals surface area contributed by atoms with Gasteiger partial charge in [-0.2, -0.15) is 0 Å². The number of H-pyrrole nitrogens is 1. The number of aromatic nitrogens is 4. The van der Waals surface area contributed by atoms with E-state index in [0.29, 0.717) is 42.0 Å². The third kappa shape index (κ3) is 8.98. The quantitative estimate of drug-likeness (QED) is 0.249. The molecule has 0 saturated carbocycles. The number of aromatic amines is 1. The van der Waals surface area contributed by atoms with E-state index in [9.17, 15) is 23.6 Å². The van der Waals surface area contributed by atoms with E-state index in [1.54, 1.807) is 26.2 Å². The summed E-state index contributed by atoms with van der Waals surface area (Å²) in [5, 5.41) is 5.12. The summed E-state index contributed by atoms with van der Waals surface area (Å²) in [6.07, 6.45) is 4.98. The number of pyridine rings is 2. The zero-order valence-electron chi connectivity index (χ0n) is 26.4. The first-order valence-corrected chi connectivity index (χ1v) is 14.6. The Morgan fingerprint density at radius 1 is 1.14 bits per heavy atom. The summed E-state index contributed by atoms with van der Waals surface area (Å²) in [5.41, 5.74) is 1.58. The summed E-state index contributed by atoms with van der Waals surface area (Å²) in [7, 11) is 4.42. The number of amides is 3. The fourth-order valence-corrected chi connectivity index (χ4v) is 4.60. The standard InChI is InChI=1S/C31H42FN7O5/c1-18(2)14-20-12-13-23(34-29(41)22(35-31(43)44-7)10-8-9-11-26(40)38(5)6)30(42)39(20)17-25-36-27-21(32)16-33-24(15-19(3)4)28(27)37-25/h9,11-13,16,18-19,22H,8,10,14-15,17H2,1-7H3,(H,34,41)(H,35,43)(H,36,37). The van der Waals surface area contributed by atoms with Crippen LogP contribution in [0, 0.1) is 17.7 Å². The summed E-state index contributed by atoms with van der Waals surface area (Å²) in [6, 6.07) is 2.24. The number of fused-ring (bicyclic) bond motifs is 1. The third-order valence-electron chi connectivity index (χ3n) is 6.77. The number of allylic oxidation sites excluding steroid dienone is 1. The molecule has 3 aromatic rings. The number of imidazole rings is 1. The number of rotatable bonds is 13. The number of hydrogen-bond acceptors (Lipinski definition) is 7. The SMILES string of the molecule is COC(=O)NC(CCC=CC(=O)N(C)C)C(=O)Nc1ccc(CC(C)C)n(Cc2nc3c(F)cnc(CC(C)C)c3[nH]2)c1=O. The highest BCUT2D eigenvalue weighted by Gasteiger charge is 2.23. The van der Waals surface area contributed by atoms with Crippen LogP contribution < -0.4 is 16.2 Å². The van der Waals surface area contributed by atoms with Crippen molar-refractivity contribution in [2.45, 2.75) is 66.0 Å². The molecule has 1 atom stereocenters. The van der Waals surface area contributed by atoms with Crippen molar-refractivity contribution in [1.82, 2.24) is 29.7 Å². The number of carbonyl (C=O) groups excluding carboxylic acids is 3. The molecular weight excluding hydrogens is 569 g/mol. The Morgan fingerprint density at radius 3 is 2.48 bits per heavy atom. The Bertz CT molecular complexity index is 1580. The van der Waals surface area contributed by atoms with E-state index in [1.807, 2.05) is 27.7 Å². The minimum Gasteiger partial charge on any atom is -0.453 e. The maximum Gasteiger partial charge on any atom is 0.407 e. The maximum absolute atomic E-state index is 14.6. The summed E-state index contributed by atoms with van der Waals surface area (Å²) < 4.78 is 20.8. The van der Waals surface area contributed by atoms with Gasteiger partial charge in [-0.3, -0.25) is 19.4 Å².